The molecule has 0 aliphatic carbocycles. The molecular formula is C29H24N6O5S4. The highest BCUT2D eigenvalue weighted by molar-refractivity contribution is 8.07. The lowest BCUT2D eigenvalue weighted by molar-refractivity contribution is -0.154. The summed E-state index contributed by atoms with van der Waals surface area (Å²) < 4.78 is 6.83. The van der Waals surface area contributed by atoms with Crippen LogP contribution < -0.4 is 10.6 Å². The summed E-state index contributed by atoms with van der Waals surface area (Å²) in [6.45, 7) is 1.85. The van der Waals surface area contributed by atoms with Crippen molar-refractivity contribution in [3.8, 4) is 0 Å². The number of carbonyl (C=O) groups is 4. The summed E-state index contributed by atoms with van der Waals surface area (Å²) in [5.41, 5.74) is 2.19. The predicted molar refractivity (Wildman–Crippen MR) is 169 cm³/mol. The molecule has 15 heteroatoms. The molecule has 224 valence electrons. The first-order chi connectivity index (χ1) is 21.4. The van der Waals surface area contributed by atoms with E-state index in [9.17, 15) is 19.2 Å². The van der Waals surface area contributed by atoms with Gasteiger partial charge in [-0.3, -0.25) is 19.3 Å². The summed E-state index contributed by atoms with van der Waals surface area (Å²) in [4.78, 5) is 57.4. The van der Waals surface area contributed by atoms with Gasteiger partial charge in [-0.2, -0.15) is 0 Å². The molecule has 3 amide bonds. The van der Waals surface area contributed by atoms with Crippen molar-refractivity contribution in [3.63, 3.8) is 0 Å². The number of carbonyl (C=O) groups excluding carboxylic acids is 4. The van der Waals surface area contributed by atoms with E-state index >= 15 is 0 Å². The van der Waals surface area contributed by atoms with Crippen molar-refractivity contribution in [2.24, 2.45) is 0 Å². The predicted octanol–water partition coefficient (Wildman–Crippen LogP) is 4.15. The maximum absolute atomic E-state index is 14.1. The first-order valence-corrected chi connectivity index (χ1v) is 16.9. The number of nitrogens with one attached hydrogen (secondary N) is 2. The first kappa shape index (κ1) is 30.0. The van der Waals surface area contributed by atoms with Gasteiger partial charge in [-0.25, -0.2) is 9.78 Å². The molecule has 2 N–H and O–H groups in total. The van der Waals surface area contributed by atoms with Crippen LogP contribution in [0.5, 0.6) is 0 Å². The third-order valence-electron chi connectivity index (χ3n) is 6.67. The van der Waals surface area contributed by atoms with Gasteiger partial charge in [0.25, 0.3) is 5.91 Å². The maximum atomic E-state index is 14.1. The fourth-order valence-corrected chi connectivity index (χ4v) is 8.85. The number of ether oxygens (including phenoxy) is 1. The summed E-state index contributed by atoms with van der Waals surface area (Å²) in [7, 11) is 0. The molecule has 0 spiro atoms. The Balaban J connectivity index is 1.25. The van der Waals surface area contributed by atoms with Crippen LogP contribution in [0.15, 0.2) is 81.0 Å². The third-order valence-corrected chi connectivity index (χ3v) is 10.9. The number of benzene rings is 2. The summed E-state index contributed by atoms with van der Waals surface area (Å²) in [5, 5.41) is 15.9. The molecule has 2 aliphatic rings. The van der Waals surface area contributed by atoms with Crippen LogP contribution in [0, 0.1) is 6.92 Å². The van der Waals surface area contributed by atoms with Crippen molar-refractivity contribution in [1.29, 1.82) is 0 Å². The monoisotopic (exact) mass is 664 g/mol. The molecule has 4 heterocycles. The number of hydrogen-bond acceptors (Lipinski definition) is 12. The molecule has 0 radical (unpaired) electrons. The van der Waals surface area contributed by atoms with Gasteiger partial charge in [-0.15, -0.1) is 33.3 Å². The number of thiazole rings is 1. The van der Waals surface area contributed by atoms with E-state index in [-0.39, 0.29) is 12.1 Å². The van der Waals surface area contributed by atoms with E-state index in [1.54, 1.807) is 5.38 Å². The molecule has 6 rings (SSSR count). The minimum Gasteiger partial charge on any atom is -0.448 e. The molecule has 44 heavy (non-hydrogen) atoms. The number of β-lactam (4-membered cyclic amide) rings is 1. The molecule has 2 aliphatic heterocycles. The van der Waals surface area contributed by atoms with Gasteiger partial charge in [0.1, 0.15) is 22.1 Å². The largest absolute Gasteiger partial charge is 0.448 e. The van der Waals surface area contributed by atoms with E-state index in [1.807, 2.05) is 67.6 Å². The number of amides is 3. The van der Waals surface area contributed by atoms with E-state index in [2.05, 4.69) is 25.8 Å². The van der Waals surface area contributed by atoms with Crippen LogP contribution >= 0.6 is 46.2 Å². The average molecular weight is 665 g/mol. The number of aromatic nitrogens is 3. The van der Waals surface area contributed by atoms with Gasteiger partial charge in [0.15, 0.2) is 15.6 Å². The standard InChI is InChI=1S/C29H24N6O5S4/c1-16-33-34-29(43-16)44-20-14-41-26-22(32-21(37)12-19-13-42-28(31-19)30-15-36)25(38)35(26)23(20)27(39)40-24(17-8-4-2-5-9-17)18-10-6-3-7-11-18/h2-11,13,15,22,24,26H,12,14H2,1H3,(H,32,37)(H,30,31,36)/t22-,26-/m1/s1. The number of aryl methyl sites for hydroxylation is 1. The number of rotatable bonds is 11. The Hall–Kier alpha value is -4.05. The van der Waals surface area contributed by atoms with Crippen molar-refractivity contribution >= 4 is 75.5 Å². The molecule has 2 aromatic carbocycles. The average Bonchev–Trinajstić information content (AvgIpc) is 3.67. The Labute approximate surface area is 268 Å². The Kier molecular flexibility index (Phi) is 9.07. The number of nitrogens with zero attached hydrogens (tertiary/aromatic N) is 4. The normalized spacial score (nSPS) is 17.6. The summed E-state index contributed by atoms with van der Waals surface area (Å²) in [6, 6.07) is 18.0. The minimum absolute atomic E-state index is 0.0593. The van der Waals surface area contributed by atoms with Crippen LogP contribution in [0.3, 0.4) is 0 Å². The zero-order chi connectivity index (χ0) is 30.6. The summed E-state index contributed by atoms with van der Waals surface area (Å²) in [5.74, 6) is -1.04. The van der Waals surface area contributed by atoms with Crippen molar-refractivity contribution in [2.75, 3.05) is 11.1 Å². The van der Waals surface area contributed by atoms with E-state index in [4.69, 9.17) is 4.74 Å². The van der Waals surface area contributed by atoms with Gasteiger partial charge in [-0.1, -0.05) is 83.8 Å². The number of hydrogen-bond donors (Lipinski definition) is 2. The highest BCUT2D eigenvalue weighted by atomic mass is 32.2. The molecule has 2 atom stereocenters. The minimum atomic E-state index is -0.823. The van der Waals surface area contributed by atoms with Crippen molar-refractivity contribution in [2.45, 2.75) is 35.2 Å². The molecule has 0 bridgehead atoms. The lowest BCUT2D eigenvalue weighted by Gasteiger charge is -2.49. The lowest BCUT2D eigenvalue weighted by atomic mass is 10.0. The second-order valence-corrected chi connectivity index (χ2v) is 14.1. The van der Waals surface area contributed by atoms with Crippen LogP contribution in [0.4, 0.5) is 5.13 Å². The number of anilines is 1. The number of esters is 1. The Bertz CT molecular complexity index is 1690. The topological polar surface area (TPSA) is 143 Å². The van der Waals surface area contributed by atoms with Crippen LogP contribution in [-0.4, -0.2) is 61.4 Å². The van der Waals surface area contributed by atoms with Gasteiger partial charge in [0.2, 0.25) is 12.3 Å². The van der Waals surface area contributed by atoms with E-state index in [0.717, 1.165) is 16.1 Å². The number of fused-ring (bicyclic) bond motifs is 1. The van der Waals surface area contributed by atoms with Crippen LogP contribution in [-0.2, 0) is 30.3 Å². The highest BCUT2D eigenvalue weighted by Gasteiger charge is 2.55. The molecule has 1 fully saturated rings. The van der Waals surface area contributed by atoms with E-state index < -0.39 is 35.3 Å². The first-order valence-electron chi connectivity index (χ1n) is 13.3. The van der Waals surface area contributed by atoms with Gasteiger partial charge >= 0.3 is 5.97 Å². The quantitative estimate of drug-likeness (QED) is 0.136. The van der Waals surface area contributed by atoms with Crippen LogP contribution in [0.2, 0.25) is 0 Å². The van der Waals surface area contributed by atoms with Crippen LogP contribution in [0.1, 0.15) is 27.9 Å². The van der Waals surface area contributed by atoms with Crippen molar-refractivity contribution in [3.05, 3.63) is 98.5 Å². The fourth-order valence-electron chi connectivity index (χ4n) is 4.73. The van der Waals surface area contributed by atoms with Gasteiger partial charge < -0.3 is 15.4 Å². The zero-order valence-electron chi connectivity index (χ0n) is 23.0. The Morgan fingerprint density at radius 2 is 1.82 bits per heavy atom. The second kappa shape index (κ2) is 13.3. The molecule has 11 nitrogen and oxygen atoms in total. The second-order valence-electron chi connectivity index (χ2n) is 9.61. The zero-order valence-corrected chi connectivity index (χ0v) is 26.3. The fraction of sp³-hybridized carbons (Fsp3) is 0.207. The van der Waals surface area contributed by atoms with E-state index in [1.165, 1.54) is 51.1 Å². The highest BCUT2D eigenvalue weighted by Crippen LogP contribution is 2.46. The number of thioether (sulfide) groups is 2. The van der Waals surface area contributed by atoms with Gasteiger partial charge in [-0.05, 0) is 18.1 Å². The van der Waals surface area contributed by atoms with Crippen LogP contribution in [0.25, 0.3) is 0 Å². The molecule has 0 unspecified atom stereocenters. The SMILES string of the molecule is Cc1nnc(SC2=C(C(=O)OC(c3ccccc3)c3ccccc3)N3C(=O)[C@@H](NC(=O)Cc4csc(NC=O)n4)[C@H]3SC2)s1. The lowest BCUT2D eigenvalue weighted by Crippen LogP contribution is -2.70. The van der Waals surface area contributed by atoms with Gasteiger partial charge in [0.05, 0.1) is 12.1 Å². The maximum Gasteiger partial charge on any atom is 0.356 e. The van der Waals surface area contributed by atoms with Crippen molar-refractivity contribution < 1.29 is 23.9 Å². The molecule has 0 saturated carbocycles. The third kappa shape index (κ3) is 6.40. The molecule has 2 aromatic heterocycles. The molecule has 1 saturated heterocycles. The van der Waals surface area contributed by atoms with Crippen molar-refractivity contribution in [1.82, 2.24) is 25.4 Å². The molecule has 4 aromatic rings. The summed E-state index contributed by atoms with van der Waals surface area (Å²) in [6.07, 6.45) is -0.249. The Morgan fingerprint density at radius 1 is 1.11 bits per heavy atom. The Morgan fingerprint density at radius 3 is 2.45 bits per heavy atom. The summed E-state index contributed by atoms with van der Waals surface area (Å²) >= 11 is 5.33. The molecular weight excluding hydrogens is 641 g/mol. The van der Waals surface area contributed by atoms with E-state index in [0.29, 0.717) is 32.2 Å². The smallest absolute Gasteiger partial charge is 0.356 e. The van der Waals surface area contributed by atoms with Gasteiger partial charge in [0, 0.05) is 16.0 Å².